The molecular weight excluding hydrogens is 436 g/mol. The van der Waals surface area contributed by atoms with E-state index in [0.717, 1.165) is 44.2 Å². The van der Waals surface area contributed by atoms with Crippen molar-refractivity contribution < 1.29 is 9.47 Å². The number of anilines is 1. The van der Waals surface area contributed by atoms with E-state index in [1.54, 1.807) is 17.5 Å². The zero-order valence-electron chi connectivity index (χ0n) is 18.0. The molecule has 0 saturated heterocycles. The molecule has 8 nitrogen and oxygen atoms in total. The molecular formula is C24H20N6O2S. The van der Waals surface area contributed by atoms with Crippen LogP contribution in [0.15, 0.2) is 54.3 Å². The van der Waals surface area contributed by atoms with Crippen LogP contribution in [0.3, 0.4) is 0 Å². The van der Waals surface area contributed by atoms with Crippen molar-refractivity contribution in [1.29, 1.82) is 0 Å². The Bertz CT molecular complexity index is 1490. The summed E-state index contributed by atoms with van der Waals surface area (Å²) in [6, 6.07) is 11.6. The minimum absolute atomic E-state index is 0.0533. The summed E-state index contributed by atoms with van der Waals surface area (Å²) in [7, 11) is 0. The number of nitrogens with zero attached hydrogens (tertiary/aromatic N) is 5. The van der Waals surface area contributed by atoms with Crippen LogP contribution in [0.2, 0.25) is 0 Å². The van der Waals surface area contributed by atoms with E-state index in [9.17, 15) is 0 Å². The molecule has 9 heteroatoms. The average Bonchev–Trinajstić information content (AvgIpc) is 3.51. The van der Waals surface area contributed by atoms with Crippen molar-refractivity contribution in [3.8, 4) is 28.6 Å². The molecule has 1 aromatic carbocycles. The number of hydrogen-bond donors (Lipinski definition) is 1. The van der Waals surface area contributed by atoms with Gasteiger partial charge in [0.25, 0.3) is 0 Å². The van der Waals surface area contributed by atoms with Crippen LogP contribution >= 0.6 is 11.3 Å². The lowest BCUT2D eigenvalue weighted by molar-refractivity contribution is 0.0783. The van der Waals surface area contributed by atoms with Gasteiger partial charge in [0.2, 0.25) is 5.88 Å². The summed E-state index contributed by atoms with van der Waals surface area (Å²) in [6.07, 6.45) is 3.20. The zero-order valence-corrected chi connectivity index (χ0v) is 18.8. The van der Waals surface area contributed by atoms with Gasteiger partial charge in [0, 0.05) is 22.6 Å². The molecule has 1 unspecified atom stereocenters. The first-order valence-electron chi connectivity index (χ1n) is 10.5. The van der Waals surface area contributed by atoms with Gasteiger partial charge in [-0.1, -0.05) is 12.1 Å². The number of nitrogens with two attached hydrogens (primary N) is 1. The summed E-state index contributed by atoms with van der Waals surface area (Å²) in [6.45, 7) is 4.49. The van der Waals surface area contributed by atoms with Crippen LogP contribution in [0.25, 0.3) is 28.0 Å². The van der Waals surface area contributed by atoms with Gasteiger partial charge in [0.05, 0.1) is 41.0 Å². The number of ether oxygens (including phenoxy) is 2. The molecule has 164 valence electrons. The van der Waals surface area contributed by atoms with Gasteiger partial charge in [0.15, 0.2) is 5.82 Å². The Kier molecular flexibility index (Phi) is 4.60. The van der Waals surface area contributed by atoms with E-state index in [1.807, 2.05) is 60.2 Å². The lowest BCUT2D eigenvalue weighted by atomic mass is 10.1. The molecule has 33 heavy (non-hydrogen) atoms. The van der Waals surface area contributed by atoms with Gasteiger partial charge >= 0.3 is 0 Å². The molecule has 0 amide bonds. The number of benzene rings is 1. The fraction of sp³-hybridized carbons (Fsp3) is 0.167. The molecule has 4 aromatic heterocycles. The Morgan fingerprint density at radius 1 is 1.18 bits per heavy atom. The molecule has 1 aliphatic rings. The first kappa shape index (κ1) is 19.8. The highest BCUT2D eigenvalue weighted by molar-refractivity contribution is 7.09. The third kappa shape index (κ3) is 3.33. The summed E-state index contributed by atoms with van der Waals surface area (Å²) in [5, 5.41) is 3.07. The van der Waals surface area contributed by atoms with Crippen LogP contribution in [0.5, 0.6) is 11.6 Å². The number of fused-ring (bicyclic) bond motifs is 3. The van der Waals surface area contributed by atoms with E-state index in [4.69, 9.17) is 15.2 Å². The number of aromatic nitrogens is 5. The SMILES string of the molecule is Cc1nc(-c2cccc(Oc3ccc(-n4c5c(c6ncnc(N)c64)C(C)OC5)cn3)c2)cs1. The maximum Gasteiger partial charge on any atom is 0.219 e. The van der Waals surface area contributed by atoms with Crippen molar-refractivity contribution in [3.63, 3.8) is 0 Å². The van der Waals surface area contributed by atoms with Crippen LogP contribution in [-0.2, 0) is 11.3 Å². The Morgan fingerprint density at radius 3 is 2.88 bits per heavy atom. The number of hydrogen-bond acceptors (Lipinski definition) is 8. The normalized spacial score (nSPS) is 15.2. The van der Waals surface area contributed by atoms with Gasteiger partial charge in [0.1, 0.15) is 23.1 Å². The monoisotopic (exact) mass is 456 g/mol. The molecule has 6 rings (SSSR count). The Balaban J connectivity index is 1.34. The Morgan fingerprint density at radius 2 is 2.09 bits per heavy atom. The molecule has 5 aromatic rings. The second kappa shape index (κ2) is 7.65. The van der Waals surface area contributed by atoms with Crippen molar-refractivity contribution >= 4 is 28.2 Å². The van der Waals surface area contributed by atoms with Gasteiger partial charge in [-0.3, -0.25) is 0 Å². The molecule has 2 N–H and O–H groups in total. The molecule has 0 aliphatic carbocycles. The van der Waals surface area contributed by atoms with E-state index < -0.39 is 0 Å². The number of nitrogen functional groups attached to an aromatic ring is 1. The molecule has 0 bridgehead atoms. The molecule has 1 atom stereocenters. The second-order valence-electron chi connectivity index (χ2n) is 7.84. The number of rotatable bonds is 4. The Hall–Kier alpha value is -3.82. The lowest BCUT2D eigenvalue weighted by Gasteiger charge is -2.11. The zero-order chi connectivity index (χ0) is 22.5. The highest BCUT2D eigenvalue weighted by Crippen LogP contribution is 2.40. The minimum Gasteiger partial charge on any atom is -0.439 e. The molecule has 5 heterocycles. The van der Waals surface area contributed by atoms with Crippen molar-refractivity contribution in [3.05, 3.63) is 70.6 Å². The smallest absolute Gasteiger partial charge is 0.219 e. The number of thiazole rings is 1. The van der Waals surface area contributed by atoms with Crippen LogP contribution in [0.1, 0.15) is 29.3 Å². The van der Waals surface area contributed by atoms with E-state index in [1.165, 1.54) is 6.33 Å². The van der Waals surface area contributed by atoms with E-state index in [-0.39, 0.29) is 6.10 Å². The largest absolute Gasteiger partial charge is 0.439 e. The topological polar surface area (TPSA) is 101 Å². The van der Waals surface area contributed by atoms with E-state index >= 15 is 0 Å². The molecule has 0 radical (unpaired) electrons. The average molecular weight is 457 g/mol. The van der Waals surface area contributed by atoms with Gasteiger partial charge in [-0.15, -0.1) is 11.3 Å². The van der Waals surface area contributed by atoms with Crippen LogP contribution in [-0.4, -0.2) is 24.5 Å². The predicted molar refractivity (Wildman–Crippen MR) is 127 cm³/mol. The predicted octanol–water partition coefficient (Wildman–Crippen LogP) is 5.21. The summed E-state index contributed by atoms with van der Waals surface area (Å²) < 4.78 is 13.9. The fourth-order valence-electron chi connectivity index (χ4n) is 4.24. The first-order chi connectivity index (χ1) is 16.1. The summed E-state index contributed by atoms with van der Waals surface area (Å²) in [5.41, 5.74) is 12.7. The van der Waals surface area contributed by atoms with Crippen molar-refractivity contribution in [2.24, 2.45) is 0 Å². The van der Waals surface area contributed by atoms with Gasteiger partial charge in [-0.25, -0.2) is 19.9 Å². The summed E-state index contributed by atoms with van der Waals surface area (Å²) >= 11 is 1.63. The maximum absolute atomic E-state index is 6.23. The van der Waals surface area contributed by atoms with E-state index in [2.05, 4.69) is 19.9 Å². The highest BCUT2D eigenvalue weighted by Gasteiger charge is 2.30. The third-order valence-corrected chi connectivity index (χ3v) is 6.51. The van der Waals surface area contributed by atoms with Gasteiger partial charge in [-0.2, -0.15) is 0 Å². The molecule has 0 fully saturated rings. The lowest BCUT2D eigenvalue weighted by Crippen LogP contribution is -2.03. The van der Waals surface area contributed by atoms with E-state index in [0.29, 0.717) is 24.1 Å². The molecule has 0 saturated carbocycles. The number of pyridine rings is 1. The summed E-state index contributed by atoms with van der Waals surface area (Å²) in [4.78, 5) is 17.8. The third-order valence-electron chi connectivity index (χ3n) is 5.74. The maximum atomic E-state index is 6.23. The van der Waals surface area contributed by atoms with Crippen molar-refractivity contribution in [2.75, 3.05) is 5.73 Å². The van der Waals surface area contributed by atoms with Crippen LogP contribution < -0.4 is 10.5 Å². The van der Waals surface area contributed by atoms with Gasteiger partial charge in [-0.05, 0) is 32.0 Å². The van der Waals surface area contributed by atoms with Gasteiger partial charge < -0.3 is 19.8 Å². The minimum atomic E-state index is -0.0533. The quantitative estimate of drug-likeness (QED) is 0.396. The standard InChI is InChI=1S/C24H20N6O2S/c1-13-21-19(10-31-13)30(23-22(21)27-12-28-24(23)25)16-6-7-20(26-9-16)32-17-5-3-4-15(8-17)18-11-33-14(2)29-18/h3-9,11-13H,10H2,1-2H3,(H2,25,27,28). The second-order valence-corrected chi connectivity index (χ2v) is 8.90. The number of aryl methyl sites for hydroxylation is 1. The first-order valence-corrected chi connectivity index (χ1v) is 11.4. The summed E-state index contributed by atoms with van der Waals surface area (Å²) in [5.74, 6) is 1.62. The molecule has 0 spiro atoms. The van der Waals surface area contributed by atoms with Crippen molar-refractivity contribution in [2.45, 2.75) is 26.6 Å². The highest BCUT2D eigenvalue weighted by atomic mass is 32.1. The molecule has 1 aliphatic heterocycles. The van der Waals surface area contributed by atoms with Crippen LogP contribution in [0.4, 0.5) is 5.82 Å². The van der Waals surface area contributed by atoms with Crippen LogP contribution in [0, 0.1) is 6.92 Å². The fourth-order valence-corrected chi connectivity index (χ4v) is 4.87. The van der Waals surface area contributed by atoms with Crippen molar-refractivity contribution in [1.82, 2.24) is 24.5 Å². The Labute approximate surface area is 193 Å².